The molecule has 0 bridgehead atoms. The van der Waals surface area contributed by atoms with Crippen molar-refractivity contribution in [2.45, 2.75) is 32.2 Å². The summed E-state index contributed by atoms with van der Waals surface area (Å²) in [6.07, 6.45) is 3.52. The van der Waals surface area contributed by atoms with E-state index in [2.05, 4.69) is 30.4 Å². The van der Waals surface area contributed by atoms with E-state index in [0.717, 1.165) is 18.7 Å². The molecule has 1 atom stereocenters. The topological polar surface area (TPSA) is 21.3 Å². The van der Waals surface area contributed by atoms with Crippen molar-refractivity contribution < 1.29 is 4.74 Å². The van der Waals surface area contributed by atoms with Crippen molar-refractivity contribution >= 4 is 0 Å². The molecule has 0 aromatic heterocycles. The molecule has 0 radical (unpaired) electrons. The van der Waals surface area contributed by atoms with Crippen LogP contribution < -0.4 is 10.1 Å². The second kappa shape index (κ2) is 4.67. The molecule has 1 aromatic rings. The van der Waals surface area contributed by atoms with Crippen LogP contribution in [0.25, 0.3) is 0 Å². The summed E-state index contributed by atoms with van der Waals surface area (Å²) in [5.74, 6) is 0.977. The average Bonchev–Trinajstić information content (AvgIpc) is 2.67. The Bertz CT molecular complexity index is 335. The third-order valence-corrected chi connectivity index (χ3v) is 3.03. The molecule has 1 aliphatic carbocycles. The normalized spacial score (nSPS) is 18.9. The minimum Gasteiger partial charge on any atom is -0.497 e. The second-order valence-electron chi connectivity index (χ2n) is 4.19. The van der Waals surface area contributed by atoms with Gasteiger partial charge in [-0.3, -0.25) is 0 Å². The van der Waals surface area contributed by atoms with Crippen LogP contribution in [0.4, 0.5) is 0 Å². The van der Waals surface area contributed by atoms with Crippen molar-refractivity contribution in [3.8, 4) is 5.75 Å². The summed E-state index contributed by atoms with van der Waals surface area (Å²) in [5, 5.41) is 3.57. The molecule has 2 nitrogen and oxygen atoms in total. The van der Waals surface area contributed by atoms with E-state index in [4.69, 9.17) is 4.74 Å². The Morgan fingerprint density at radius 3 is 2.87 bits per heavy atom. The molecule has 0 amide bonds. The van der Waals surface area contributed by atoms with Gasteiger partial charge < -0.3 is 10.1 Å². The maximum absolute atomic E-state index is 5.24. The lowest BCUT2D eigenvalue weighted by Crippen LogP contribution is -2.29. The highest BCUT2D eigenvalue weighted by Crippen LogP contribution is 2.26. The molecule has 0 spiro atoms. The highest BCUT2D eigenvalue weighted by Gasteiger charge is 2.20. The van der Waals surface area contributed by atoms with Gasteiger partial charge in [-0.25, -0.2) is 0 Å². The fourth-order valence-electron chi connectivity index (χ4n) is 2.21. The molecule has 1 N–H and O–H groups in total. The summed E-state index contributed by atoms with van der Waals surface area (Å²) >= 11 is 0. The Labute approximate surface area is 91.6 Å². The largest absolute Gasteiger partial charge is 0.497 e. The average molecular weight is 205 g/mol. The van der Waals surface area contributed by atoms with Gasteiger partial charge in [0, 0.05) is 6.04 Å². The third kappa shape index (κ3) is 2.32. The number of nitrogens with one attached hydrogen (secondary N) is 1. The van der Waals surface area contributed by atoms with E-state index in [1.807, 2.05) is 0 Å². The first-order valence-corrected chi connectivity index (χ1v) is 5.72. The number of ether oxygens (including phenoxy) is 1. The fraction of sp³-hybridized carbons (Fsp3) is 0.538. The van der Waals surface area contributed by atoms with Gasteiger partial charge in [0.25, 0.3) is 0 Å². The van der Waals surface area contributed by atoms with Gasteiger partial charge in [-0.15, -0.1) is 0 Å². The molecular weight excluding hydrogens is 186 g/mol. The minimum atomic E-state index is 0.632. The lowest BCUT2D eigenvalue weighted by molar-refractivity contribution is 0.414. The molecule has 2 heteroatoms. The van der Waals surface area contributed by atoms with E-state index in [-0.39, 0.29) is 0 Å². The number of methoxy groups -OCH3 is 1. The van der Waals surface area contributed by atoms with Gasteiger partial charge in [0.05, 0.1) is 7.11 Å². The van der Waals surface area contributed by atoms with E-state index in [1.54, 1.807) is 7.11 Å². The summed E-state index contributed by atoms with van der Waals surface area (Å²) in [6.45, 7) is 3.33. The van der Waals surface area contributed by atoms with Crippen molar-refractivity contribution in [3.05, 3.63) is 29.3 Å². The Balaban J connectivity index is 2.03. The zero-order valence-corrected chi connectivity index (χ0v) is 9.55. The predicted molar refractivity (Wildman–Crippen MR) is 62.5 cm³/mol. The van der Waals surface area contributed by atoms with Crippen LogP contribution in [0, 0.1) is 0 Å². The first-order chi connectivity index (χ1) is 7.33. The smallest absolute Gasteiger partial charge is 0.119 e. The molecule has 0 aliphatic heterocycles. The first kappa shape index (κ1) is 10.5. The van der Waals surface area contributed by atoms with Crippen molar-refractivity contribution in [3.63, 3.8) is 0 Å². The van der Waals surface area contributed by atoms with Gasteiger partial charge in [0.2, 0.25) is 0 Å². The SMILES string of the molecule is CCCNC1Cc2ccc(OC)cc2C1. The Morgan fingerprint density at radius 1 is 1.33 bits per heavy atom. The summed E-state index contributed by atoms with van der Waals surface area (Å²) in [4.78, 5) is 0. The number of fused-ring (bicyclic) bond motifs is 1. The molecule has 1 unspecified atom stereocenters. The second-order valence-corrected chi connectivity index (χ2v) is 4.19. The van der Waals surface area contributed by atoms with Crippen LogP contribution in [0.1, 0.15) is 24.5 Å². The molecule has 1 aliphatic rings. The highest BCUT2D eigenvalue weighted by molar-refractivity contribution is 5.39. The number of rotatable bonds is 4. The van der Waals surface area contributed by atoms with E-state index in [1.165, 1.54) is 24.0 Å². The lowest BCUT2D eigenvalue weighted by Gasteiger charge is -2.09. The fourth-order valence-corrected chi connectivity index (χ4v) is 2.21. The molecule has 0 fully saturated rings. The van der Waals surface area contributed by atoms with Gasteiger partial charge in [-0.05, 0) is 49.1 Å². The summed E-state index contributed by atoms with van der Waals surface area (Å²) < 4.78 is 5.24. The highest BCUT2D eigenvalue weighted by atomic mass is 16.5. The maximum Gasteiger partial charge on any atom is 0.119 e. The third-order valence-electron chi connectivity index (χ3n) is 3.03. The van der Waals surface area contributed by atoms with Crippen LogP contribution in [0.15, 0.2) is 18.2 Å². The van der Waals surface area contributed by atoms with Gasteiger partial charge in [0.1, 0.15) is 5.75 Å². The molecular formula is C13H19NO. The summed E-state index contributed by atoms with van der Waals surface area (Å²) in [5.41, 5.74) is 2.92. The zero-order chi connectivity index (χ0) is 10.7. The van der Waals surface area contributed by atoms with E-state index >= 15 is 0 Å². The van der Waals surface area contributed by atoms with Crippen molar-refractivity contribution in [2.75, 3.05) is 13.7 Å². The lowest BCUT2D eigenvalue weighted by atomic mass is 10.1. The van der Waals surface area contributed by atoms with E-state index < -0.39 is 0 Å². The maximum atomic E-state index is 5.24. The quantitative estimate of drug-likeness (QED) is 0.813. The Hall–Kier alpha value is -1.02. The number of hydrogen-bond acceptors (Lipinski definition) is 2. The van der Waals surface area contributed by atoms with Gasteiger partial charge >= 0.3 is 0 Å². The number of benzene rings is 1. The van der Waals surface area contributed by atoms with Gasteiger partial charge in [0.15, 0.2) is 0 Å². The van der Waals surface area contributed by atoms with Crippen LogP contribution in [0.2, 0.25) is 0 Å². The molecule has 1 aromatic carbocycles. The predicted octanol–water partition coefficient (Wildman–Crippen LogP) is 2.16. The molecule has 0 saturated carbocycles. The van der Waals surface area contributed by atoms with Gasteiger partial charge in [-0.1, -0.05) is 13.0 Å². The van der Waals surface area contributed by atoms with Gasteiger partial charge in [-0.2, -0.15) is 0 Å². The van der Waals surface area contributed by atoms with Crippen LogP contribution in [-0.4, -0.2) is 19.7 Å². The first-order valence-electron chi connectivity index (χ1n) is 5.72. The van der Waals surface area contributed by atoms with E-state index in [0.29, 0.717) is 6.04 Å². The monoisotopic (exact) mass is 205 g/mol. The minimum absolute atomic E-state index is 0.632. The standard InChI is InChI=1S/C13H19NO/c1-3-6-14-12-7-10-4-5-13(15-2)9-11(10)8-12/h4-5,9,12,14H,3,6-8H2,1-2H3. The Morgan fingerprint density at radius 2 is 2.13 bits per heavy atom. The molecule has 15 heavy (non-hydrogen) atoms. The Kier molecular flexibility index (Phi) is 3.27. The van der Waals surface area contributed by atoms with Crippen molar-refractivity contribution in [1.82, 2.24) is 5.32 Å². The van der Waals surface area contributed by atoms with Crippen molar-refractivity contribution in [1.29, 1.82) is 0 Å². The molecule has 0 heterocycles. The molecule has 82 valence electrons. The molecule has 0 saturated heterocycles. The van der Waals surface area contributed by atoms with Crippen LogP contribution >= 0.6 is 0 Å². The summed E-state index contributed by atoms with van der Waals surface area (Å²) in [6, 6.07) is 7.05. The zero-order valence-electron chi connectivity index (χ0n) is 9.55. The molecule has 2 rings (SSSR count). The van der Waals surface area contributed by atoms with Crippen molar-refractivity contribution in [2.24, 2.45) is 0 Å². The van der Waals surface area contributed by atoms with Crippen LogP contribution in [0.5, 0.6) is 5.75 Å². The van der Waals surface area contributed by atoms with E-state index in [9.17, 15) is 0 Å². The van der Waals surface area contributed by atoms with Crippen LogP contribution in [0.3, 0.4) is 0 Å². The van der Waals surface area contributed by atoms with Crippen LogP contribution in [-0.2, 0) is 12.8 Å². The number of hydrogen-bond donors (Lipinski definition) is 1. The summed E-state index contributed by atoms with van der Waals surface area (Å²) in [7, 11) is 1.73.